The van der Waals surface area contributed by atoms with E-state index in [4.69, 9.17) is 4.74 Å². The summed E-state index contributed by atoms with van der Waals surface area (Å²) >= 11 is 0. The summed E-state index contributed by atoms with van der Waals surface area (Å²) in [6.07, 6.45) is 6.18. The first kappa shape index (κ1) is 17.5. The highest BCUT2D eigenvalue weighted by molar-refractivity contribution is 5.73. The number of carbonyl (C=O) groups is 1. The molecule has 0 spiro atoms. The lowest BCUT2D eigenvalue weighted by Crippen LogP contribution is -2.87. The van der Waals surface area contributed by atoms with Gasteiger partial charge in [-0.25, -0.2) is 0 Å². The fourth-order valence-corrected chi connectivity index (χ4v) is 4.43. The van der Waals surface area contributed by atoms with E-state index in [0.717, 1.165) is 50.6 Å². The molecule has 0 atom stereocenters. The van der Waals surface area contributed by atoms with Crippen LogP contribution in [-0.2, 0) is 15.1 Å². The molecule has 24 heavy (non-hydrogen) atoms. The Kier molecular flexibility index (Phi) is 5.60. The molecule has 2 fully saturated rings. The number of piperidine rings is 1. The van der Waals surface area contributed by atoms with Crippen LogP contribution in [0.3, 0.4) is 0 Å². The maximum Gasteiger partial charge on any atom is 0.309 e. The molecule has 2 N–H and O–H groups in total. The summed E-state index contributed by atoms with van der Waals surface area (Å²) < 4.78 is 6.24. The van der Waals surface area contributed by atoms with Crippen LogP contribution >= 0.6 is 0 Å². The van der Waals surface area contributed by atoms with E-state index in [-0.39, 0.29) is 11.9 Å². The molecule has 3 heteroatoms. The SMILES string of the molecule is CC(C)C1CCC(C(=O)OC2(c3ccccc3)CC[NH2+]CC2)CC1. The van der Waals surface area contributed by atoms with Crippen molar-refractivity contribution < 1.29 is 14.8 Å². The minimum absolute atomic E-state index is 0.0444. The van der Waals surface area contributed by atoms with E-state index in [1.54, 1.807) is 0 Å². The minimum Gasteiger partial charge on any atom is -0.453 e. The van der Waals surface area contributed by atoms with E-state index in [0.29, 0.717) is 0 Å². The second kappa shape index (κ2) is 7.69. The Hall–Kier alpha value is -1.35. The van der Waals surface area contributed by atoms with Gasteiger partial charge in [0.1, 0.15) is 5.60 Å². The maximum absolute atomic E-state index is 12.9. The van der Waals surface area contributed by atoms with Gasteiger partial charge in [-0.05, 0) is 43.1 Å². The van der Waals surface area contributed by atoms with Gasteiger partial charge in [0.05, 0.1) is 19.0 Å². The van der Waals surface area contributed by atoms with Gasteiger partial charge in [0.25, 0.3) is 0 Å². The molecule has 0 bridgehead atoms. The molecule has 1 aromatic rings. The summed E-state index contributed by atoms with van der Waals surface area (Å²) in [4.78, 5) is 12.9. The van der Waals surface area contributed by atoms with Crippen LogP contribution in [0.25, 0.3) is 0 Å². The zero-order valence-corrected chi connectivity index (χ0v) is 15.2. The summed E-state index contributed by atoms with van der Waals surface area (Å²) in [7, 11) is 0. The highest BCUT2D eigenvalue weighted by atomic mass is 16.6. The molecule has 1 aliphatic carbocycles. The van der Waals surface area contributed by atoms with E-state index in [2.05, 4.69) is 43.4 Å². The molecule has 0 radical (unpaired) electrons. The van der Waals surface area contributed by atoms with Crippen molar-refractivity contribution in [1.29, 1.82) is 0 Å². The third kappa shape index (κ3) is 3.83. The molecule has 3 rings (SSSR count). The number of benzene rings is 1. The summed E-state index contributed by atoms with van der Waals surface area (Å²) in [6, 6.07) is 10.4. The molecule has 2 aliphatic rings. The molecule has 0 aromatic heterocycles. The number of hydrogen-bond acceptors (Lipinski definition) is 2. The van der Waals surface area contributed by atoms with E-state index in [1.165, 1.54) is 18.4 Å². The first-order valence-corrected chi connectivity index (χ1v) is 9.71. The van der Waals surface area contributed by atoms with Gasteiger partial charge in [-0.2, -0.15) is 0 Å². The fraction of sp³-hybridized carbons (Fsp3) is 0.667. The normalized spacial score (nSPS) is 27.0. The number of rotatable bonds is 4. The van der Waals surface area contributed by atoms with Gasteiger partial charge in [-0.1, -0.05) is 44.2 Å². The van der Waals surface area contributed by atoms with Crippen LogP contribution in [0.2, 0.25) is 0 Å². The van der Waals surface area contributed by atoms with Crippen LogP contribution in [0.4, 0.5) is 0 Å². The van der Waals surface area contributed by atoms with E-state index < -0.39 is 5.60 Å². The van der Waals surface area contributed by atoms with Crippen LogP contribution in [0, 0.1) is 17.8 Å². The van der Waals surface area contributed by atoms with Gasteiger partial charge in [-0.3, -0.25) is 4.79 Å². The summed E-state index contributed by atoms with van der Waals surface area (Å²) in [5, 5.41) is 2.32. The second-order valence-electron chi connectivity index (χ2n) is 8.00. The third-order valence-corrected chi connectivity index (χ3v) is 6.15. The zero-order valence-electron chi connectivity index (χ0n) is 15.2. The fourth-order valence-electron chi connectivity index (χ4n) is 4.43. The molecule has 1 saturated carbocycles. The van der Waals surface area contributed by atoms with Gasteiger partial charge < -0.3 is 10.1 Å². The van der Waals surface area contributed by atoms with Crippen molar-refractivity contribution in [1.82, 2.24) is 0 Å². The molecule has 1 saturated heterocycles. The predicted octanol–water partition coefficient (Wildman–Crippen LogP) is 3.24. The molecule has 0 amide bonds. The van der Waals surface area contributed by atoms with Crippen LogP contribution in [0.15, 0.2) is 30.3 Å². The quantitative estimate of drug-likeness (QED) is 0.861. The van der Waals surface area contributed by atoms with Crippen molar-refractivity contribution in [3.63, 3.8) is 0 Å². The molecular formula is C21H32NO2+. The molecule has 1 heterocycles. The number of esters is 1. The lowest BCUT2D eigenvalue weighted by atomic mass is 9.77. The highest BCUT2D eigenvalue weighted by Gasteiger charge is 2.41. The number of ether oxygens (including phenoxy) is 1. The van der Waals surface area contributed by atoms with Crippen molar-refractivity contribution in [2.24, 2.45) is 17.8 Å². The second-order valence-corrected chi connectivity index (χ2v) is 8.00. The Bertz CT molecular complexity index is 526. The van der Waals surface area contributed by atoms with Crippen LogP contribution < -0.4 is 5.32 Å². The number of nitrogens with two attached hydrogens (primary N) is 1. The van der Waals surface area contributed by atoms with Crippen LogP contribution in [0.5, 0.6) is 0 Å². The third-order valence-electron chi connectivity index (χ3n) is 6.15. The molecule has 1 aromatic carbocycles. The van der Waals surface area contributed by atoms with Crippen molar-refractivity contribution in [3.8, 4) is 0 Å². The monoisotopic (exact) mass is 330 g/mol. The van der Waals surface area contributed by atoms with E-state index in [9.17, 15) is 4.79 Å². The molecule has 1 aliphatic heterocycles. The Morgan fingerprint density at radius 3 is 2.29 bits per heavy atom. The van der Waals surface area contributed by atoms with Crippen molar-refractivity contribution in [2.45, 2.75) is 58.0 Å². The molecule has 3 nitrogen and oxygen atoms in total. The molecular weight excluding hydrogens is 298 g/mol. The van der Waals surface area contributed by atoms with Gasteiger partial charge in [0.15, 0.2) is 0 Å². The van der Waals surface area contributed by atoms with Crippen LogP contribution in [0.1, 0.15) is 57.9 Å². The van der Waals surface area contributed by atoms with E-state index >= 15 is 0 Å². The Balaban J connectivity index is 1.68. The minimum atomic E-state index is -0.401. The molecule has 132 valence electrons. The van der Waals surface area contributed by atoms with E-state index in [1.807, 2.05) is 6.07 Å². The summed E-state index contributed by atoms with van der Waals surface area (Å²) in [5.41, 5.74) is 0.768. The smallest absolute Gasteiger partial charge is 0.309 e. The number of carbonyl (C=O) groups excluding carboxylic acids is 1. The number of quaternary nitrogens is 1. The zero-order chi connectivity index (χ0) is 17.0. The van der Waals surface area contributed by atoms with Gasteiger partial charge in [0, 0.05) is 12.8 Å². The Labute approximate surface area is 146 Å². The van der Waals surface area contributed by atoms with Gasteiger partial charge >= 0.3 is 5.97 Å². The Morgan fingerprint density at radius 1 is 1.08 bits per heavy atom. The average molecular weight is 330 g/mol. The predicted molar refractivity (Wildman–Crippen MR) is 95.4 cm³/mol. The highest BCUT2D eigenvalue weighted by Crippen LogP contribution is 2.38. The lowest BCUT2D eigenvalue weighted by molar-refractivity contribution is -0.668. The topological polar surface area (TPSA) is 42.9 Å². The molecule has 0 unspecified atom stereocenters. The Morgan fingerprint density at radius 2 is 1.71 bits per heavy atom. The first-order valence-electron chi connectivity index (χ1n) is 9.71. The largest absolute Gasteiger partial charge is 0.453 e. The van der Waals surface area contributed by atoms with Crippen molar-refractivity contribution in [2.75, 3.05) is 13.1 Å². The summed E-state index contributed by atoms with van der Waals surface area (Å²) in [6.45, 7) is 6.66. The lowest BCUT2D eigenvalue weighted by Gasteiger charge is -2.38. The van der Waals surface area contributed by atoms with Gasteiger partial charge in [0.2, 0.25) is 0 Å². The number of hydrogen-bond donors (Lipinski definition) is 1. The summed E-state index contributed by atoms with van der Waals surface area (Å²) in [5.74, 6) is 1.65. The standard InChI is InChI=1S/C21H31NO2/c1-16(2)17-8-10-18(11-9-17)20(23)24-21(12-14-22-15-13-21)19-6-4-3-5-7-19/h3-7,16-18,22H,8-15H2,1-2H3/p+1. The van der Waals surface area contributed by atoms with Crippen molar-refractivity contribution in [3.05, 3.63) is 35.9 Å². The first-order chi connectivity index (χ1) is 11.6. The van der Waals surface area contributed by atoms with Gasteiger partial charge in [-0.15, -0.1) is 0 Å². The van der Waals surface area contributed by atoms with Crippen molar-refractivity contribution >= 4 is 5.97 Å². The maximum atomic E-state index is 12.9. The average Bonchev–Trinajstić information content (AvgIpc) is 2.63. The van der Waals surface area contributed by atoms with Crippen LogP contribution in [-0.4, -0.2) is 19.1 Å².